The first kappa shape index (κ1) is 13.8. The highest BCUT2D eigenvalue weighted by atomic mass is 35.5. The van der Waals surface area contributed by atoms with Crippen molar-refractivity contribution in [1.29, 1.82) is 0 Å². The Hall–Kier alpha value is -1.67. The summed E-state index contributed by atoms with van der Waals surface area (Å²) in [5, 5.41) is 4.14. The molecule has 0 radical (unpaired) electrons. The van der Waals surface area contributed by atoms with Gasteiger partial charge in [-0.05, 0) is 37.6 Å². The Bertz CT molecular complexity index is 554. The Morgan fingerprint density at radius 3 is 2.68 bits per heavy atom. The monoisotopic (exact) mass is 275 g/mol. The minimum atomic E-state index is 0.674. The molecule has 0 unspecified atom stereocenters. The summed E-state index contributed by atoms with van der Waals surface area (Å²) in [7, 11) is 0. The van der Waals surface area contributed by atoms with Gasteiger partial charge in [-0.25, -0.2) is 0 Å². The zero-order valence-electron chi connectivity index (χ0n) is 11.2. The molecule has 0 spiro atoms. The van der Waals surface area contributed by atoms with Crippen LogP contribution in [0.25, 0.3) is 0 Å². The van der Waals surface area contributed by atoms with Gasteiger partial charge in [-0.3, -0.25) is 0 Å². The molecule has 0 aliphatic rings. The smallest absolute Gasteiger partial charge is 0.124 e. The van der Waals surface area contributed by atoms with Crippen LogP contribution in [0.2, 0.25) is 5.02 Å². The Balaban J connectivity index is 2.07. The van der Waals surface area contributed by atoms with Crippen molar-refractivity contribution in [1.82, 2.24) is 0 Å². The van der Waals surface area contributed by atoms with Crippen LogP contribution in [0.5, 0.6) is 5.75 Å². The molecule has 0 atom stereocenters. The SMILES string of the molecule is CCOc1ccccc1CNc1ccc(C)c(Cl)c1. The summed E-state index contributed by atoms with van der Waals surface area (Å²) in [5.41, 5.74) is 3.24. The molecule has 2 aromatic rings. The van der Waals surface area contributed by atoms with Gasteiger partial charge in [0.2, 0.25) is 0 Å². The van der Waals surface area contributed by atoms with E-state index in [0.717, 1.165) is 34.1 Å². The van der Waals surface area contributed by atoms with E-state index < -0.39 is 0 Å². The average molecular weight is 276 g/mol. The predicted octanol–water partition coefficient (Wildman–Crippen LogP) is 4.66. The number of ether oxygens (including phenoxy) is 1. The number of anilines is 1. The van der Waals surface area contributed by atoms with Crippen molar-refractivity contribution < 1.29 is 4.74 Å². The summed E-state index contributed by atoms with van der Waals surface area (Å²) in [4.78, 5) is 0. The van der Waals surface area contributed by atoms with Crippen LogP contribution in [0, 0.1) is 6.92 Å². The van der Waals surface area contributed by atoms with Crippen LogP contribution in [-0.4, -0.2) is 6.61 Å². The lowest BCUT2D eigenvalue weighted by Gasteiger charge is -2.12. The van der Waals surface area contributed by atoms with Gasteiger partial charge in [0, 0.05) is 22.8 Å². The quantitative estimate of drug-likeness (QED) is 0.857. The van der Waals surface area contributed by atoms with Crippen LogP contribution in [0.1, 0.15) is 18.1 Å². The standard InChI is InChI=1S/C16H18ClNO/c1-3-19-16-7-5-4-6-13(16)11-18-14-9-8-12(2)15(17)10-14/h4-10,18H,3,11H2,1-2H3. The lowest BCUT2D eigenvalue weighted by atomic mass is 10.2. The molecule has 0 saturated carbocycles. The van der Waals surface area contributed by atoms with Crippen LogP contribution in [-0.2, 0) is 6.54 Å². The number of para-hydroxylation sites is 1. The lowest BCUT2D eigenvalue weighted by molar-refractivity contribution is 0.337. The largest absolute Gasteiger partial charge is 0.494 e. The third-order valence-electron chi connectivity index (χ3n) is 2.93. The average Bonchev–Trinajstić information content (AvgIpc) is 2.42. The molecule has 2 aromatic carbocycles. The molecule has 0 bridgehead atoms. The molecule has 0 aliphatic heterocycles. The summed E-state index contributed by atoms with van der Waals surface area (Å²) in [6.07, 6.45) is 0. The van der Waals surface area contributed by atoms with Gasteiger partial charge >= 0.3 is 0 Å². The van der Waals surface area contributed by atoms with Crippen LogP contribution >= 0.6 is 11.6 Å². The first-order valence-electron chi connectivity index (χ1n) is 6.41. The third-order valence-corrected chi connectivity index (χ3v) is 3.33. The minimum absolute atomic E-state index is 0.674. The van der Waals surface area contributed by atoms with Crippen molar-refractivity contribution in [2.75, 3.05) is 11.9 Å². The van der Waals surface area contributed by atoms with Gasteiger partial charge in [-0.15, -0.1) is 0 Å². The molecule has 1 N–H and O–H groups in total. The van der Waals surface area contributed by atoms with Crippen molar-refractivity contribution in [2.24, 2.45) is 0 Å². The maximum atomic E-state index is 6.11. The molecule has 0 heterocycles. The van der Waals surface area contributed by atoms with Gasteiger partial charge in [0.15, 0.2) is 0 Å². The first-order valence-corrected chi connectivity index (χ1v) is 6.79. The lowest BCUT2D eigenvalue weighted by Crippen LogP contribution is -2.03. The van der Waals surface area contributed by atoms with Gasteiger partial charge < -0.3 is 10.1 Å². The van der Waals surface area contributed by atoms with E-state index in [4.69, 9.17) is 16.3 Å². The summed E-state index contributed by atoms with van der Waals surface area (Å²) in [6, 6.07) is 14.0. The van der Waals surface area contributed by atoms with E-state index in [-0.39, 0.29) is 0 Å². The number of rotatable bonds is 5. The second-order valence-electron chi connectivity index (χ2n) is 4.36. The van der Waals surface area contributed by atoms with E-state index in [2.05, 4.69) is 11.4 Å². The fourth-order valence-corrected chi connectivity index (χ4v) is 2.03. The van der Waals surface area contributed by atoms with Crippen LogP contribution in [0.15, 0.2) is 42.5 Å². The molecule has 3 heteroatoms. The number of halogens is 1. The number of hydrogen-bond acceptors (Lipinski definition) is 2. The maximum absolute atomic E-state index is 6.11. The van der Waals surface area contributed by atoms with E-state index in [1.54, 1.807) is 0 Å². The number of aryl methyl sites for hydroxylation is 1. The van der Waals surface area contributed by atoms with Crippen LogP contribution in [0.4, 0.5) is 5.69 Å². The number of nitrogens with one attached hydrogen (secondary N) is 1. The van der Waals surface area contributed by atoms with E-state index in [9.17, 15) is 0 Å². The van der Waals surface area contributed by atoms with E-state index in [0.29, 0.717) is 6.61 Å². The highest BCUT2D eigenvalue weighted by Gasteiger charge is 2.03. The zero-order valence-corrected chi connectivity index (χ0v) is 12.0. The zero-order chi connectivity index (χ0) is 13.7. The van der Waals surface area contributed by atoms with Crippen molar-refractivity contribution in [2.45, 2.75) is 20.4 Å². The van der Waals surface area contributed by atoms with Crippen molar-refractivity contribution in [3.8, 4) is 5.75 Å². The Labute approximate surface area is 119 Å². The molecule has 2 nitrogen and oxygen atoms in total. The van der Waals surface area contributed by atoms with Gasteiger partial charge in [-0.1, -0.05) is 35.9 Å². The summed E-state index contributed by atoms with van der Waals surface area (Å²) < 4.78 is 5.60. The fourth-order valence-electron chi connectivity index (χ4n) is 1.85. The summed E-state index contributed by atoms with van der Waals surface area (Å²) >= 11 is 6.11. The van der Waals surface area contributed by atoms with Gasteiger partial charge in [0.25, 0.3) is 0 Å². The Kier molecular flexibility index (Phi) is 4.69. The minimum Gasteiger partial charge on any atom is -0.494 e. The second kappa shape index (κ2) is 6.48. The van der Waals surface area contributed by atoms with E-state index in [1.165, 1.54) is 0 Å². The molecular formula is C16H18ClNO. The van der Waals surface area contributed by atoms with E-state index in [1.807, 2.05) is 50.2 Å². The van der Waals surface area contributed by atoms with E-state index >= 15 is 0 Å². The topological polar surface area (TPSA) is 21.3 Å². The number of benzene rings is 2. The molecule has 0 aliphatic carbocycles. The van der Waals surface area contributed by atoms with Crippen molar-refractivity contribution in [3.05, 3.63) is 58.6 Å². The molecule has 0 aromatic heterocycles. The maximum Gasteiger partial charge on any atom is 0.124 e. The third kappa shape index (κ3) is 3.65. The van der Waals surface area contributed by atoms with Crippen molar-refractivity contribution in [3.63, 3.8) is 0 Å². The van der Waals surface area contributed by atoms with Gasteiger partial charge in [0.1, 0.15) is 5.75 Å². The highest BCUT2D eigenvalue weighted by Crippen LogP contribution is 2.22. The molecule has 19 heavy (non-hydrogen) atoms. The normalized spacial score (nSPS) is 10.3. The van der Waals surface area contributed by atoms with Gasteiger partial charge in [-0.2, -0.15) is 0 Å². The van der Waals surface area contributed by atoms with Crippen molar-refractivity contribution >= 4 is 17.3 Å². The molecule has 2 rings (SSSR count). The molecular weight excluding hydrogens is 258 g/mol. The summed E-state index contributed by atoms with van der Waals surface area (Å²) in [5.74, 6) is 0.927. The van der Waals surface area contributed by atoms with Crippen LogP contribution in [0.3, 0.4) is 0 Å². The molecule has 0 amide bonds. The molecule has 100 valence electrons. The Morgan fingerprint density at radius 2 is 1.95 bits per heavy atom. The number of hydrogen-bond donors (Lipinski definition) is 1. The first-order chi connectivity index (χ1) is 9.20. The fraction of sp³-hybridized carbons (Fsp3) is 0.250. The summed E-state index contributed by atoms with van der Waals surface area (Å²) in [6.45, 7) is 5.38. The second-order valence-corrected chi connectivity index (χ2v) is 4.77. The molecule has 0 saturated heterocycles. The molecule has 0 fully saturated rings. The Morgan fingerprint density at radius 1 is 1.16 bits per heavy atom. The highest BCUT2D eigenvalue weighted by molar-refractivity contribution is 6.31. The van der Waals surface area contributed by atoms with Gasteiger partial charge in [0.05, 0.1) is 6.61 Å². The van der Waals surface area contributed by atoms with Crippen LogP contribution < -0.4 is 10.1 Å². The predicted molar refractivity (Wildman–Crippen MR) is 81.1 cm³/mol.